The highest BCUT2D eigenvalue weighted by atomic mass is 19.1. The Labute approximate surface area is 146 Å². The zero-order valence-corrected chi connectivity index (χ0v) is 14.5. The molecule has 25 heavy (non-hydrogen) atoms. The van der Waals surface area contributed by atoms with Crippen molar-refractivity contribution in [2.24, 2.45) is 0 Å². The van der Waals surface area contributed by atoms with Gasteiger partial charge in [-0.05, 0) is 48.7 Å². The Hall–Kier alpha value is -2.53. The first-order valence-electron chi connectivity index (χ1n) is 8.56. The molecule has 128 valence electrons. The second kappa shape index (κ2) is 6.41. The molecule has 0 amide bonds. The van der Waals surface area contributed by atoms with E-state index in [9.17, 15) is 4.39 Å². The van der Waals surface area contributed by atoms with E-state index in [0.717, 1.165) is 48.7 Å². The van der Waals surface area contributed by atoms with Crippen LogP contribution in [-0.2, 0) is 19.6 Å². The van der Waals surface area contributed by atoms with Crippen molar-refractivity contribution in [3.63, 3.8) is 0 Å². The van der Waals surface area contributed by atoms with Crippen molar-refractivity contribution in [3.8, 4) is 11.4 Å². The first-order valence-corrected chi connectivity index (χ1v) is 8.56. The maximum atomic E-state index is 13.8. The standard InChI is InChI=1S/C20H21FN4/c1-14-5-6-16(10-18(14)21)12-24-8-9-25-17(13-24)11-19(23-25)20-15(2)4-3-7-22-20/h3-7,10-11H,8-9,12-13H2,1-2H3. The van der Waals surface area contributed by atoms with Gasteiger partial charge < -0.3 is 0 Å². The van der Waals surface area contributed by atoms with Crippen LogP contribution in [-0.4, -0.2) is 26.2 Å². The van der Waals surface area contributed by atoms with E-state index in [0.29, 0.717) is 5.56 Å². The number of pyridine rings is 1. The molecule has 0 fully saturated rings. The Balaban J connectivity index is 1.53. The number of aryl methyl sites for hydroxylation is 2. The van der Waals surface area contributed by atoms with Crippen LogP contribution < -0.4 is 0 Å². The molecule has 0 bridgehead atoms. The quantitative estimate of drug-likeness (QED) is 0.731. The predicted molar refractivity (Wildman–Crippen MR) is 95.4 cm³/mol. The lowest BCUT2D eigenvalue weighted by Crippen LogP contribution is -2.33. The van der Waals surface area contributed by atoms with Crippen LogP contribution in [0, 0.1) is 19.7 Å². The van der Waals surface area contributed by atoms with E-state index in [1.807, 2.05) is 18.2 Å². The van der Waals surface area contributed by atoms with Crippen molar-refractivity contribution in [1.82, 2.24) is 19.7 Å². The fourth-order valence-electron chi connectivity index (χ4n) is 3.32. The van der Waals surface area contributed by atoms with Crippen molar-refractivity contribution in [2.75, 3.05) is 6.54 Å². The van der Waals surface area contributed by atoms with Crippen LogP contribution in [0.25, 0.3) is 11.4 Å². The molecular formula is C20H21FN4. The van der Waals surface area contributed by atoms with Crippen LogP contribution in [0.3, 0.4) is 0 Å². The first-order chi connectivity index (χ1) is 12.1. The Bertz CT molecular complexity index is 916. The zero-order chi connectivity index (χ0) is 17.4. The fraction of sp³-hybridized carbons (Fsp3) is 0.300. The highest BCUT2D eigenvalue weighted by Gasteiger charge is 2.20. The van der Waals surface area contributed by atoms with Crippen molar-refractivity contribution in [2.45, 2.75) is 33.5 Å². The van der Waals surface area contributed by atoms with Gasteiger partial charge in [0.05, 0.1) is 17.9 Å². The van der Waals surface area contributed by atoms with Crippen LogP contribution in [0.5, 0.6) is 0 Å². The SMILES string of the molecule is Cc1ccc(CN2CCn3nc(-c4ncccc4C)cc3C2)cc1F. The van der Waals surface area contributed by atoms with Crippen LogP contribution in [0.1, 0.15) is 22.4 Å². The summed E-state index contributed by atoms with van der Waals surface area (Å²) >= 11 is 0. The molecule has 3 heterocycles. The van der Waals surface area contributed by atoms with Gasteiger partial charge in [-0.1, -0.05) is 18.2 Å². The second-order valence-corrected chi connectivity index (χ2v) is 6.71. The fourth-order valence-corrected chi connectivity index (χ4v) is 3.32. The Morgan fingerprint density at radius 1 is 1.08 bits per heavy atom. The van der Waals surface area contributed by atoms with E-state index in [1.54, 1.807) is 19.2 Å². The minimum atomic E-state index is -0.132. The molecule has 2 aromatic heterocycles. The normalized spacial score (nSPS) is 14.5. The average Bonchev–Trinajstić information content (AvgIpc) is 3.01. The van der Waals surface area contributed by atoms with Gasteiger partial charge in [0.15, 0.2) is 0 Å². The molecule has 4 nitrogen and oxygen atoms in total. The molecule has 1 aliphatic rings. The van der Waals surface area contributed by atoms with E-state index in [2.05, 4.69) is 33.6 Å². The number of fused-ring (bicyclic) bond motifs is 1. The largest absolute Gasteiger partial charge is 0.291 e. The van der Waals surface area contributed by atoms with Crippen LogP contribution in [0.2, 0.25) is 0 Å². The van der Waals surface area contributed by atoms with Gasteiger partial charge in [-0.15, -0.1) is 0 Å². The Morgan fingerprint density at radius 3 is 2.76 bits per heavy atom. The molecule has 0 saturated carbocycles. The number of nitrogens with zero attached hydrogens (tertiary/aromatic N) is 4. The highest BCUT2D eigenvalue weighted by molar-refractivity contribution is 5.58. The third-order valence-electron chi connectivity index (χ3n) is 4.77. The van der Waals surface area contributed by atoms with Crippen molar-refractivity contribution in [1.29, 1.82) is 0 Å². The molecule has 0 spiro atoms. The second-order valence-electron chi connectivity index (χ2n) is 6.71. The number of benzene rings is 1. The van der Waals surface area contributed by atoms with Gasteiger partial charge in [0, 0.05) is 25.8 Å². The van der Waals surface area contributed by atoms with E-state index >= 15 is 0 Å². The summed E-state index contributed by atoms with van der Waals surface area (Å²) in [5.41, 5.74) is 5.88. The molecular weight excluding hydrogens is 315 g/mol. The number of hydrogen-bond acceptors (Lipinski definition) is 3. The van der Waals surface area contributed by atoms with Gasteiger partial charge in [-0.2, -0.15) is 5.10 Å². The van der Waals surface area contributed by atoms with Crippen LogP contribution in [0.4, 0.5) is 4.39 Å². The van der Waals surface area contributed by atoms with Gasteiger partial charge in [0.1, 0.15) is 11.5 Å². The first kappa shape index (κ1) is 16.0. The molecule has 0 aliphatic carbocycles. The summed E-state index contributed by atoms with van der Waals surface area (Å²) in [5.74, 6) is -0.132. The minimum Gasteiger partial charge on any atom is -0.291 e. The Kier molecular flexibility index (Phi) is 4.09. The van der Waals surface area contributed by atoms with E-state index in [4.69, 9.17) is 5.10 Å². The van der Waals surface area contributed by atoms with Gasteiger partial charge in [-0.25, -0.2) is 4.39 Å². The monoisotopic (exact) mass is 336 g/mol. The summed E-state index contributed by atoms with van der Waals surface area (Å²) in [5, 5.41) is 4.72. The molecule has 5 heteroatoms. The average molecular weight is 336 g/mol. The van der Waals surface area contributed by atoms with E-state index in [1.165, 1.54) is 5.69 Å². The van der Waals surface area contributed by atoms with Crippen molar-refractivity contribution >= 4 is 0 Å². The van der Waals surface area contributed by atoms with Gasteiger partial charge >= 0.3 is 0 Å². The number of aromatic nitrogens is 3. The lowest BCUT2D eigenvalue weighted by atomic mass is 10.1. The molecule has 0 unspecified atom stereocenters. The summed E-state index contributed by atoms with van der Waals surface area (Å²) in [6.07, 6.45) is 1.80. The van der Waals surface area contributed by atoms with Gasteiger partial charge in [-0.3, -0.25) is 14.6 Å². The minimum absolute atomic E-state index is 0.132. The number of halogens is 1. The van der Waals surface area contributed by atoms with Crippen molar-refractivity contribution < 1.29 is 4.39 Å². The zero-order valence-electron chi connectivity index (χ0n) is 14.5. The number of rotatable bonds is 3. The summed E-state index contributed by atoms with van der Waals surface area (Å²) < 4.78 is 15.8. The maximum absolute atomic E-state index is 13.8. The number of hydrogen-bond donors (Lipinski definition) is 0. The summed E-state index contributed by atoms with van der Waals surface area (Å²) in [6.45, 7) is 7.16. The lowest BCUT2D eigenvalue weighted by molar-refractivity contribution is 0.205. The third kappa shape index (κ3) is 3.20. The van der Waals surface area contributed by atoms with Crippen LogP contribution >= 0.6 is 0 Å². The Morgan fingerprint density at radius 2 is 1.96 bits per heavy atom. The van der Waals surface area contributed by atoms with Gasteiger partial charge in [0.2, 0.25) is 0 Å². The van der Waals surface area contributed by atoms with E-state index < -0.39 is 0 Å². The molecule has 3 aromatic rings. The molecule has 0 radical (unpaired) electrons. The topological polar surface area (TPSA) is 34.0 Å². The van der Waals surface area contributed by atoms with Gasteiger partial charge in [0.25, 0.3) is 0 Å². The molecule has 0 N–H and O–H groups in total. The summed E-state index contributed by atoms with van der Waals surface area (Å²) in [6, 6.07) is 11.6. The predicted octanol–water partition coefficient (Wildman–Crippen LogP) is 3.72. The molecule has 1 aromatic carbocycles. The smallest absolute Gasteiger partial charge is 0.126 e. The summed E-state index contributed by atoms with van der Waals surface area (Å²) in [4.78, 5) is 6.80. The maximum Gasteiger partial charge on any atom is 0.126 e. The highest BCUT2D eigenvalue weighted by Crippen LogP contribution is 2.24. The lowest BCUT2D eigenvalue weighted by Gasteiger charge is -2.27. The molecule has 1 aliphatic heterocycles. The molecule has 0 saturated heterocycles. The summed E-state index contributed by atoms with van der Waals surface area (Å²) in [7, 11) is 0. The molecule has 0 atom stereocenters. The van der Waals surface area contributed by atoms with Crippen LogP contribution in [0.15, 0.2) is 42.6 Å². The van der Waals surface area contributed by atoms with E-state index in [-0.39, 0.29) is 5.82 Å². The molecule has 4 rings (SSSR count). The van der Waals surface area contributed by atoms with Crippen molar-refractivity contribution in [3.05, 3.63) is 70.8 Å². The third-order valence-corrected chi connectivity index (χ3v) is 4.77.